The summed E-state index contributed by atoms with van der Waals surface area (Å²) in [6.07, 6.45) is 1.30. The highest BCUT2D eigenvalue weighted by Crippen LogP contribution is 2.35. The summed E-state index contributed by atoms with van der Waals surface area (Å²) in [5.41, 5.74) is 2.45. The number of anilines is 2. The van der Waals surface area contributed by atoms with Crippen molar-refractivity contribution in [3.05, 3.63) is 156 Å². The molecular weight excluding hydrogens is 642 g/mol. The standard InChI is InChI=1S/C38H28FN5O4S/c39-32-14-8-7-11-26(32)23-33(41-36(46)25-9-3-1-4-10-25)37(47)40-27-17-21-31(22-18-27)49-34-24-35(45)44(38(34)48)30-19-15-29(16-20-30)43-42-28-12-5-2-6-13-28/h1-23,34H,24H2,(H,40,47)(H,41,46). The fourth-order valence-electron chi connectivity index (χ4n) is 4.92. The van der Waals surface area contributed by atoms with E-state index in [2.05, 4.69) is 20.9 Å². The quantitative estimate of drug-likeness (QED) is 0.0885. The third kappa shape index (κ3) is 8.21. The Bertz CT molecular complexity index is 2050. The monoisotopic (exact) mass is 669 g/mol. The highest BCUT2D eigenvalue weighted by molar-refractivity contribution is 8.00. The van der Waals surface area contributed by atoms with Crippen LogP contribution in [0.5, 0.6) is 0 Å². The first kappa shape index (κ1) is 32.7. The molecule has 0 aliphatic carbocycles. The first-order valence-corrected chi connectivity index (χ1v) is 16.1. The van der Waals surface area contributed by atoms with Crippen molar-refractivity contribution in [2.24, 2.45) is 10.2 Å². The maximum atomic E-state index is 14.4. The van der Waals surface area contributed by atoms with Crippen LogP contribution in [-0.2, 0) is 14.4 Å². The van der Waals surface area contributed by atoms with Crippen molar-refractivity contribution >= 4 is 64.2 Å². The number of nitrogens with zero attached hydrogens (tertiary/aromatic N) is 3. The molecule has 1 fully saturated rings. The number of rotatable bonds is 10. The summed E-state index contributed by atoms with van der Waals surface area (Å²) in [7, 11) is 0. The van der Waals surface area contributed by atoms with Gasteiger partial charge in [-0.1, -0.05) is 54.6 Å². The fraction of sp³-hybridized carbons (Fsp3) is 0.0526. The predicted molar refractivity (Wildman–Crippen MR) is 187 cm³/mol. The summed E-state index contributed by atoms with van der Waals surface area (Å²) in [4.78, 5) is 54.2. The first-order chi connectivity index (χ1) is 23.8. The molecule has 9 nitrogen and oxygen atoms in total. The minimum atomic E-state index is -0.660. The molecule has 0 spiro atoms. The minimum absolute atomic E-state index is 0.0305. The largest absolute Gasteiger partial charge is 0.321 e. The number of hydrogen-bond acceptors (Lipinski definition) is 7. The van der Waals surface area contributed by atoms with Gasteiger partial charge in [0.1, 0.15) is 11.5 Å². The van der Waals surface area contributed by atoms with Gasteiger partial charge in [0.25, 0.3) is 11.8 Å². The van der Waals surface area contributed by atoms with Gasteiger partial charge in [0.2, 0.25) is 11.8 Å². The average molecular weight is 670 g/mol. The number of nitrogens with one attached hydrogen (secondary N) is 2. The molecule has 5 aromatic rings. The van der Waals surface area contributed by atoms with E-state index < -0.39 is 22.9 Å². The SMILES string of the molecule is O=C(Nc1ccc(SC2CC(=O)N(c3ccc(N=Nc4ccccc4)cc3)C2=O)cc1)C(=Cc1ccccc1F)NC(=O)c1ccccc1. The van der Waals surface area contributed by atoms with Gasteiger partial charge < -0.3 is 10.6 Å². The molecule has 242 valence electrons. The van der Waals surface area contributed by atoms with Gasteiger partial charge in [-0.15, -0.1) is 11.8 Å². The summed E-state index contributed by atoms with van der Waals surface area (Å²) >= 11 is 1.25. The second-order valence-corrected chi connectivity index (χ2v) is 12.1. The molecule has 1 heterocycles. The van der Waals surface area contributed by atoms with Gasteiger partial charge in [-0.2, -0.15) is 10.2 Å². The smallest absolute Gasteiger partial charge is 0.272 e. The molecule has 1 atom stereocenters. The van der Waals surface area contributed by atoms with Crippen LogP contribution in [-0.4, -0.2) is 28.9 Å². The Kier molecular flexibility index (Phi) is 10.1. The lowest BCUT2D eigenvalue weighted by atomic mass is 10.1. The van der Waals surface area contributed by atoms with Crippen molar-refractivity contribution in [1.29, 1.82) is 0 Å². The van der Waals surface area contributed by atoms with Crippen molar-refractivity contribution in [1.82, 2.24) is 5.32 Å². The van der Waals surface area contributed by atoms with Gasteiger partial charge >= 0.3 is 0 Å². The van der Waals surface area contributed by atoms with E-state index >= 15 is 0 Å². The van der Waals surface area contributed by atoms with Gasteiger partial charge in [0, 0.05) is 28.1 Å². The van der Waals surface area contributed by atoms with Crippen molar-refractivity contribution in [2.75, 3.05) is 10.2 Å². The number of amides is 4. The maximum Gasteiger partial charge on any atom is 0.272 e. The van der Waals surface area contributed by atoms with E-state index in [0.717, 1.165) is 0 Å². The van der Waals surface area contributed by atoms with Crippen molar-refractivity contribution < 1.29 is 23.6 Å². The normalized spacial score (nSPS) is 14.7. The van der Waals surface area contributed by atoms with Gasteiger partial charge in [-0.25, -0.2) is 9.29 Å². The number of azo groups is 1. The van der Waals surface area contributed by atoms with Crippen LogP contribution in [0, 0.1) is 5.82 Å². The maximum absolute atomic E-state index is 14.4. The van der Waals surface area contributed by atoms with Crippen molar-refractivity contribution in [2.45, 2.75) is 16.6 Å². The molecule has 6 rings (SSSR count). The van der Waals surface area contributed by atoms with Gasteiger partial charge in [0.15, 0.2) is 0 Å². The summed E-state index contributed by atoms with van der Waals surface area (Å²) < 4.78 is 14.4. The summed E-state index contributed by atoms with van der Waals surface area (Å²) in [5, 5.41) is 13.1. The lowest BCUT2D eigenvalue weighted by molar-refractivity contribution is -0.121. The Morgan fingerprint density at radius 2 is 1.37 bits per heavy atom. The zero-order chi connectivity index (χ0) is 34.2. The summed E-state index contributed by atoms with van der Waals surface area (Å²) in [5.74, 6) is -2.38. The third-order valence-electron chi connectivity index (χ3n) is 7.37. The van der Waals surface area contributed by atoms with Gasteiger partial charge in [-0.05, 0) is 84.9 Å². The number of thioether (sulfide) groups is 1. The molecule has 0 radical (unpaired) electrons. The summed E-state index contributed by atoms with van der Waals surface area (Å²) in [6.45, 7) is 0. The molecule has 11 heteroatoms. The van der Waals surface area contributed by atoms with E-state index in [0.29, 0.717) is 33.2 Å². The Hall–Kier alpha value is -6.20. The predicted octanol–water partition coefficient (Wildman–Crippen LogP) is 8.07. The van der Waals surface area contributed by atoms with Gasteiger partial charge in [0.05, 0.1) is 22.3 Å². The second kappa shape index (κ2) is 15.1. The molecule has 4 amide bonds. The van der Waals surface area contributed by atoms with Gasteiger partial charge in [-0.3, -0.25) is 19.2 Å². The molecule has 5 aromatic carbocycles. The van der Waals surface area contributed by atoms with Crippen LogP contribution < -0.4 is 15.5 Å². The number of benzene rings is 5. The molecule has 1 saturated heterocycles. The Morgan fingerprint density at radius 1 is 0.755 bits per heavy atom. The lowest BCUT2D eigenvalue weighted by Crippen LogP contribution is -2.31. The van der Waals surface area contributed by atoms with E-state index in [-0.39, 0.29) is 29.5 Å². The van der Waals surface area contributed by atoms with E-state index in [1.165, 1.54) is 40.9 Å². The molecule has 0 bridgehead atoms. The van der Waals surface area contributed by atoms with Crippen LogP contribution in [0.15, 0.2) is 154 Å². The van der Waals surface area contributed by atoms with Crippen LogP contribution in [0.25, 0.3) is 6.08 Å². The van der Waals surface area contributed by atoms with Crippen molar-refractivity contribution in [3.63, 3.8) is 0 Å². The van der Waals surface area contributed by atoms with E-state index in [1.54, 1.807) is 84.9 Å². The topological polar surface area (TPSA) is 120 Å². The molecule has 0 aromatic heterocycles. The van der Waals surface area contributed by atoms with Crippen LogP contribution in [0.1, 0.15) is 22.3 Å². The summed E-state index contributed by atoms with van der Waals surface area (Å²) in [6, 6.07) is 37.0. The molecule has 0 saturated carbocycles. The van der Waals surface area contributed by atoms with Crippen molar-refractivity contribution in [3.8, 4) is 0 Å². The van der Waals surface area contributed by atoms with Crippen LogP contribution in [0.4, 0.5) is 27.1 Å². The zero-order valence-electron chi connectivity index (χ0n) is 25.8. The van der Waals surface area contributed by atoms with E-state index in [4.69, 9.17) is 0 Å². The van der Waals surface area contributed by atoms with E-state index in [1.807, 2.05) is 30.3 Å². The minimum Gasteiger partial charge on any atom is -0.321 e. The van der Waals surface area contributed by atoms with Crippen LogP contribution in [0.3, 0.4) is 0 Å². The molecule has 2 N–H and O–H groups in total. The Morgan fingerprint density at radius 3 is 2.04 bits per heavy atom. The molecule has 1 aliphatic heterocycles. The number of imide groups is 1. The molecule has 1 unspecified atom stereocenters. The number of carbonyl (C=O) groups is 4. The average Bonchev–Trinajstić information content (AvgIpc) is 3.41. The van der Waals surface area contributed by atoms with Crippen LogP contribution in [0.2, 0.25) is 0 Å². The number of halogens is 1. The number of hydrogen-bond donors (Lipinski definition) is 2. The van der Waals surface area contributed by atoms with E-state index in [9.17, 15) is 23.6 Å². The fourth-order valence-corrected chi connectivity index (χ4v) is 5.97. The zero-order valence-corrected chi connectivity index (χ0v) is 26.6. The highest BCUT2D eigenvalue weighted by Gasteiger charge is 2.40. The first-order valence-electron chi connectivity index (χ1n) is 15.2. The molecule has 49 heavy (non-hydrogen) atoms. The molecular formula is C38H28FN5O4S. The van der Waals surface area contributed by atoms with Crippen LogP contribution >= 0.6 is 11.8 Å². The second-order valence-electron chi connectivity index (χ2n) is 10.8. The lowest BCUT2D eigenvalue weighted by Gasteiger charge is -2.15. The number of carbonyl (C=O) groups excluding carboxylic acids is 4. The Balaban J connectivity index is 1.10. The molecule has 1 aliphatic rings. The third-order valence-corrected chi connectivity index (χ3v) is 8.57. The highest BCUT2D eigenvalue weighted by atomic mass is 32.2. The Labute approximate surface area is 285 Å².